The van der Waals surface area contributed by atoms with Gasteiger partial charge in [-0.15, -0.1) is 10.2 Å². The predicted octanol–water partition coefficient (Wildman–Crippen LogP) is 1.85. The molecule has 1 aromatic carbocycles. The molecule has 0 N–H and O–H groups in total. The highest BCUT2D eigenvalue weighted by Gasteiger charge is 2.16. The summed E-state index contributed by atoms with van der Waals surface area (Å²) in [7, 11) is 1.97. The van der Waals surface area contributed by atoms with Crippen LogP contribution in [-0.2, 0) is 24.1 Å². The van der Waals surface area contributed by atoms with Crippen LogP contribution in [0.25, 0.3) is 0 Å². The zero-order valence-corrected chi connectivity index (χ0v) is 14.2. The van der Waals surface area contributed by atoms with Crippen molar-refractivity contribution in [3.63, 3.8) is 0 Å². The van der Waals surface area contributed by atoms with E-state index in [9.17, 15) is 10.1 Å². The van der Waals surface area contributed by atoms with Crippen LogP contribution in [-0.4, -0.2) is 50.9 Å². The van der Waals surface area contributed by atoms with Crippen LogP contribution >= 0.6 is 11.8 Å². The van der Waals surface area contributed by atoms with Crippen molar-refractivity contribution in [2.45, 2.75) is 17.5 Å². The zero-order chi connectivity index (χ0) is 16.9. The maximum atomic E-state index is 10.7. The van der Waals surface area contributed by atoms with E-state index < -0.39 is 4.92 Å². The van der Waals surface area contributed by atoms with E-state index in [0.29, 0.717) is 5.75 Å². The van der Waals surface area contributed by atoms with Crippen molar-refractivity contribution in [1.82, 2.24) is 19.7 Å². The Labute approximate surface area is 144 Å². The fourth-order valence-electron chi connectivity index (χ4n) is 2.43. The standard InChI is InChI=1S/C15H19N5O3S/c1-18-14(10-19-6-8-23-9-7-19)16-17-15(18)24-11-12-2-4-13(5-3-12)20(21)22/h2-5H,6-11H2,1H3. The van der Waals surface area contributed by atoms with Crippen molar-refractivity contribution in [2.24, 2.45) is 7.05 Å². The Kier molecular flexibility index (Phi) is 5.44. The first kappa shape index (κ1) is 16.9. The van der Waals surface area contributed by atoms with Crippen molar-refractivity contribution in [2.75, 3.05) is 26.3 Å². The van der Waals surface area contributed by atoms with E-state index in [1.54, 1.807) is 23.9 Å². The lowest BCUT2D eigenvalue weighted by molar-refractivity contribution is -0.384. The molecule has 0 atom stereocenters. The molecule has 8 nitrogen and oxygen atoms in total. The number of rotatable bonds is 6. The number of hydrogen-bond acceptors (Lipinski definition) is 7. The molecule has 2 aromatic rings. The number of aromatic nitrogens is 3. The molecule has 1 aliphatic rings. The average molecular weight is 349 g/mol. The van der Waals surface area contributed by atoms with Crippen LogP contribution in [0.1, 0.15) is 11.4 Å². The van der Waals surface area contributed by atoms with Gasteiger partial charge in [0.15, 0.2) is 5.16 Å². The third kappa shape index (κ3) is 4.11. The first-order valence-electron chi connectivity index (χ1n) is 7.68. The van der Waals surface area contributed by atoms with Crippen molar-refractivity contribution in [3.8, 4) is 0 Å². The Morgan fingerprint density at radius 2 is 1.96 bits per heavy atom. The molecule has 0 radical (unpaired) electrons. The molecule has 3 rings (SSSR count). The van der Waals surface area contributed by atoms with Gasteiger partial charge in [-0.2, -0.15) is 0 Å². The van der Waals surface area contributed by atoms with Gasteiger partial charge in [0, 0.05) is 38.0 Å². The van der Waals surface area contributed by atoms with Crippen molar-refractivity contribution >= 4 is 17.4 Å². The van der Waals surface area contributed by atoms with E-state index in [2.05, 4.69) is 15.1 Å². The number of nitro groups is 1. The van der Waals surface area contributed by atoms with Crippen LogP contribution in [0.3, 0.4) is 0 Å². The maximum Gasteiger partial charge on any atom is 0.269 e. The number of ether oxygens (including phenoxy) is 1. The minimum atomic E-state index is -0.391. The summed E-state index contributed by atoms with van der Waals surface area (Å²) >= 11 is 1.57. The van der Waals surface area contributed by atoms with Gasteiger partial charge in [-0.1, -0.05) is 23.9 Å². The smallest absolute Gasteiger partial charge is 0.269 e. The fourth-order valence-corrected chi connectivity index (χ4v) is 3.32. The van der Waals surface area contributed by atoms with Gasteiger partial charge in [-0.05, 0) is 5.56 Å². The number of non-ortho nitro benzene ring substituents is 1. The normalized spacial score (nSPS) is 15.5. The van der Waals surface area contributed by atoms with Crippen LogP contribution < -0.4 is 0 Å². The minimum Gasteiger partial charge on any atom is -0.379 e. The van der Waals surface area contributed by atoms with E-state index in [1.165, 1.54) is 12.1 Å². The van der Waals surface area contributed by atoms with E-state index in [4.69, 9.17) is 4.74 Å². The van der Waals surface area contributed by atoms with E-state index in [0.717, 1.165) is 49.4 Å². The Morgan fingerprint density at radius 3 is 2.62 bits per heavy atom. The van der Waals surface area contributed by atoms with Gasteiger partial charge in [-0.3, -0.25) is 15.0 Å². The maximum absolute atomic E-state index is 10.7. The SMILES string of the molecule is Cn1c(CN2CCOCC2)nnc1SCc1ccc([N+](=O)[O-])cc1. The largest absolute Gasteiger partial charge is 0.379 e. The summed E-state index contributed by atoms with van der Waals surface area (Å²) in [6.45, 7) is 4.13. The lowest BCUT2D eigenvalue weighted by atomic mass is 10.2. The second kappa shape index (κ2) is 7.73. The Bertz CT molecular complexity index is 698. The molecule has 0 amide bonds. The average Bonchev–Trinajstić information content (AvgIpc) is 2.94. The quantitative estimate of drug-likeness (QED) is 0.447. The summed E-state index contributed by atoms with van der Waals surface area (Å²) in [6.07, 6.45) is 0. The molecule has 1 fully saturated rings. The molecule has 0 aliphatic carbocycles. The fraction of sp³-hybridized carbons (Fsp3) is 0.467. The van der Waals surface area contributed by atoms with Crippen LogP contribution in [0.15, 0.2) is 29.4 Å². The topological polar surface area (TPSA) is 86.3 Å². The van der Waals surface area contributed by atoms with E-state index in [-0.39, 0.29) is 5.69 Å². The number of hydrogen-bond donors (Lipinski definition) is 0. The molecule has 24 heavy (non-hydrogen) atoms. The third-order valence-corrected chi connectivity index (χ3v) is 5.00. The Morgan fingerprint density at radius 1 is 1.25 bits per heavy atom. The van der Waals surface area contributed by atoms with Gasteiger partial charge in [0.25, 0.3) is 5.69 Å². The molecular formula is C15H19N5O3S. The molecule has 9 heteroatoms. The number of morpholine rings is 1. The molecule has 0 bridgehead atoms. The van der Waals surface area contributed by atoms with Crippen LogP contribution in [0.2, 0.25) is 0 Å². The van der Waals surface area contributed by atoms with Crippen molar-refractivity contribution in [3.05, 3.63) is 45.8 Å². The molecule has 0 saturated carbocycles. The molecule has 128 valence electrons. The second-order valence-corrected chi connectivity index (χ2v) is 6.50. The lowest BCUT2D eigenvalue weighted by Gasteiger charge is -2.25. The van der Waals surface area contributed by atoms with Crippen LogP contribution in [0, 0.1) is 10.1 Å². The van der Waals surface area contributed by atoms with E-state index in [1.807, 2.05) is 11.6 Å². The highest BCUT2D eigenvalue weighted by Crippen LogP contribution is 2.23. The number of nitrogens with zero attached hydrogens (tertiary/aromatic N) is 5. The van der Waals surface area contributed by atoms with Gasteiger partial charge in [0.1, 0.15) is 5.82 Å². The first-order valence-corrected chi connectivity index (χ1v) is 8.66. The summed E-state index contributed by atoms with van der Waals surface area (Å²) < 4.78 is 7.36. The molecule has 0 spiro atoms. The zero-order valence-electron chi connectivity index (χ0n) is 13.4. The Hall–Kier alpha value is -1.97. The summed E-state index contributed by atoms with van der Waals surface area (Å²) in [5, 5.41) is 20.0. The van der Waals surface area contributed by atoms with Crippen LogP contribution in [0.4, 0.5) is 5.69 Å². The van der Waals surface area contributed by atoms with Gasteiger partial charge in [-0.25, -0.2) is 0 Å². The minimum absolute atomic E-state index is 0.107. The van der Waals surface area contributed by atoms with Gasteiger partial charge in [0.05, 0.1) is 24.7 Å². The van der Waals surface area contributed by atoms with Crippen molar-refractivity contribution < 1.29 is 9.66 Å². The highest BCUT2D eigenvalue weighted by atomic mass is 32.2. The predicted molar refractivity (Wildman–Crippen MR) is 89.8 cm³/mol. The molecule has 0 unspecified atom stereocenters. The monoisotopic (exact) mass is 349 g/mol. The Balaban J connectivity index is 1.58. The van der Waals surface area contributed by atoms with Crippen LogP contribution in [0.5, 0.6) is 0 Å². The van der Waals surface area contributed by atoms with Gasteiger partial charge >= 0.3 is 0 Å². The number of thioether (sulfide) groups is 1. The second-order valence-electron chi connectivity index (χ2n) is 5.56. The summed E-state index contributed by atoms with van der Waals surface area (Å²) in [4.78, 5) is 12.6. The first-order chi connectivity index (χ1) is 11.6. The summed E-state index contributed by atoms with van der Waals surface area (Å²) in [5.74, 6) is 1.63. The van der Waals surface area contributed by atoms with E-state index >= 15 is 0 Å². The third-order valence-electron chi connectivity index (χ3n) is 3.91. The summed E-state index contributed by atoms with van der Waals surface area (Å²) in [5.41, 5.74) is 1.12. The van der Waals surface area contributed by atoms with Crippen molar-refractivity contribution in [1.29, 1.82) is 0 Å². The highest BCUT2D eigenvalue weighted by molar-refractivity contribution is 7.98. The number of benzene rings is 1. The van der Waals surface area contributed by atoms with Gasteiger partial charge < -0.3 is 9.30 Å². The molecular weight excluding hydrogens is 330 g/mol. The summed E-state index contributed by atoms with van der Waals surface area (Å²) in [6, 6.07) is 6.60. The molecule has 1 aliphatic heterocycles. The van der Waals surface area contributed by atoms with Gasteiger partial charge in [0.2, 0.25) is 0 Å². The lowest BCUT2D eigenvalue weighted by Crippen LogP contribution is -2.36. The molecule has 1 aromatic heterocycles. The number of nitro benzene ring substituents is 1. The molecule has 1 saturated heterocycles. The molecule has 2 heterocycles.